The number of hydrogen-bond donors (Lipinski definition) is 1. The second-order valence-corrected chi connectivity index (χ2v) is 7.11. The molecule has 3 aromatic rings. The Bertz CT molecular complexity index is 921. The summed E-state index contributed by atoms with van der Waals surface area (Å²) in [6.45, 7) is 2.67. The van der Waals surface area contributed by atoms with Crippen LogP contribution in [0.3, 0.4) is 0 Å². The molecule has 5 nitrogen and oxygen atoms in total. The largest absolute Gasteiger partial charge is 0.497 e. The number of rotatable bonds is 8. The van der Waals surface area contributed by atoms with Crippen molar-refractivity contribution in [3.05, 3.63) is 70.5 Å². The Labute approximate surface area is 162 Å². The molecule has 0 aliphatic rings. The van der Waals surface area contributed by atoms with Crippen LogP contribution in [0.5, 0.6) is 11.5 Å². The standard InChI is InChI=1S/C21H22N2O3S/c1-15-4-8-18(9-5-15)26-12-3-13-27-21-22-19(14-20(24)23-21)16-6-10-17(25-2)11-7-16/h4-11,14H,3,12-13H2,1-2H3,(H,22,23,24). The molecule has 1 aromatic heterocycles. The first-order valence-electron chi connectivity index (χ1n) is 8.72. The van der Waals surface area contributed by atoms with E-state index in [2.05, 4.69) is 9.97 Å². The van der Waals surface area contributed by atoms with E-state index in [1.807, 2.05) is 55.5 Å². The summed E-state index contributed by atoms with van der Waals surface area (Å²) in [6, 6.07) is 17.0. The van der Waals surface area contributed by atoms with Crippen molar-refractivity contribution in [2.75, 3.05) is 19.5 Å². The van der Waals surface area contributed by atoms with Crippen LogP contribution in [-0.4, -0.2) is 29.4 Å². The second kappa shape index (κ2) is 9.28. The molecular weight excluding hydrogens is 360 g/mol. The third kappa shape index (κ3) is 5.62. The molecule has 0 amide bonds. The minimum atomic E-state index is -0.158. The predicted molar refractivity (Wildman–Crippen MR) is 109 cm³/mol. The van der Waals surface area contributed by atoms with Crippen molar-refractivity contribution in [2.24, 2.45) is 0 Å². The normalized spacial score (nSPS) is 10.6. The number of nitrogens with one attached hydrogen (secondary N) is 1. The minimum absolute atomic E-state index is 0.158. The van der Waals surface area contributed by atoms with Crippen LogP contribution in [0.1, 0.15) is 12.0 Å². The smallest absolute Gasteiger partial charge is 0.252 e. The third-order valence-corrected chi connectivity index (χ3v) is 4.88. The van der Waals surface area contributed by atoms with E-state index in [0.29, 0.717) is 17.5 Å². The van der Waals surface area contributed by atoms with E-state index in [9.17, 15) is 4.79 Å². The summed E-state index contributed by atoms with van der Waals surface area (Å²) in [6.07, 6.45) is 0.856. The summed E-state index contributed by atoms with van der Waals surface area (Å²) in [5.41, 5.74) is 2.59. The van der Waals surface area contributed by atoms with E-state index in [0.717, 1.165) is 29.2 Å². The monoisotopic (exact) mass is 382 g/mol. The van der Waals surface area contributed by atoms with E-state index < -0.39 is 0 Å². The zero-order valence-corrected chi connectivity index (χ0v) is 16.2. The van der Waals surface area contributed by atoms with Crippen molar-refractivity contribution in [1.29, 1.82) is 0 Å². The first kappa shape index (κ1) is 19.0. The molecule has 140 valence electrons. The van der Waals surface area contributed by atoms with Gasteiger partial charge >= 0.3 is 0 Å². The Hall–Kier alpha value is -2.73. The zero-order valence-electron chi connectivity index (χ0n) is 15.4. The van der Waals surface area contributed by atoms with Crippen molar-refractivity contribution in [3.8, 4) is 22.8 Å². The van der Waals surface area contributed by atoms with Crippen LogP contribution in [0.4, 0.5) is 0 Å². The van der Waals surface area contributed by atoms with Gasteiger partial charge in [0.25, 0.3) is 5.56 Å². The molecule has 0 aliphatic carbocycles. The van der Waals surface area contributed by atoms with Gasteiger partial charge in [-0.05, 0) is 49.7 Å². The van der Waals surface area contributed by atoms with Gasteiger partial charge in [0, 0.05) is 17.4 Å². The molecule has 0 aliphatic heterocycles. The van der Waals surface area contributed by atoms with Crippen LogP contribution in [0.2, 0.25) is 0 Å². The average molecular weight is 382 g/mol. The molecule has 0 fully saturated rings. The Morgan fingerprint density at radius 3 is 2.44 bits per heavy atom. The van der Waals surface area contributed by atoms with E-state index in [-0.39, 0.29) is 5.56 Å². The van der Waals surface area contributed by atoms with Crippen LogP contribution >= 0.6 is 11.8 Å². The number of aromatic nitrogens is 2. The van der Waals surface area contributed by atoms with Gasteiger partial charge in [-0.25, -0.2) is 4.98 Å². The highest BCUT2D eigenvalue weighted by Crippen LogP contribution is 2.22. The van der Waals surface area contributed by atoms with Crippen molar-refractivity contribution in [3.63, 3.8) is 0 Å². The maximum atomic E-state index is 12.0. The van der Waals surface area contributed by atoms with Gasteiger partial charge in [-0.2, -0.15) is 0 Å². The SMILES string of the molecule is COc1ccc(-c2cc(=O)[nH]c(SCCCOc3ccc(C)cc3)n2)cc1. The Morgan fingerprint density at radius 2 is 1.74 bits per heavy atom. The zero-order chi connectivity index (χ0) is 19.1. The van der Waals surface area contributed by atoms with E-state index in [1.165, 1.54) is 23.4 Å². The number of hydrogen-bond acceptors (Lipinski definition) is 5. The van der Waals surface area contributed by atoms with E-state index in [4.69, 9.17) is 9.47 Å². The van der Waals surface area contributed by atoms with Gasteiger partial charge in [0.05, 0.1) is 19.4 Å². The minimum Gasteiger partial charge on any atom is -0.497 e. The lowest BCUT2D eigenvalue weighted by atomic mass is 10.1. The topological polar surface area (TPSA) is 64.2 Å². The Kier molecular flexibility index (Phi) is 6.54. The number of aromatic amines is 1. The molecule has 2 aromatic carbocycles. The fourth-order valence-electron chi connectivity index (χ4n) is 2.47. The molecule has 1 N–H and O–H groups in total. The highest BCUT2D eigenvalue weighted by atomic mass is 32.2. The molecule has 0 saturated carbocycles. The highest BCUT2D eigenvalue weighted by Gasteiger charge is 2.05. The first-order valence-corrected chi connectivity index (χ1v) is 9.70. The number of thioether (sulfide) groups is 1. The van der Waals surface area contributed by atoms with Gasteiger partial charge in [0.2, 0.25) is 0 Å². The van der Waals surface area contributed by atoms with Crippen LogP contribution in [0.15, 0.2) is 64.5 Å². The third-order valence-electron chi connectivity index (χ3n) is 3.92. The summed E-state index contributed by atoms with van der Waals surface area (Å²) in [5, 5.41) is 0.614. The van der Waals surface area contributed by atoms with Crippen molar-refractivity contribution >= 4 is 11.8 Å². The molecule has 0 saturated heterocycles. The summed E-state index contributed by atoms with van der Waals surface area (Å²) in [4.78, 5) is 19.3. The fourth-order valence-corrected chi connectivity index (χ4v) is 3.26. The molecule has 0 radical (unpaired) electrons. The summed E-state index contributed by atoms with van der Waals surface area (Å²) in [7, 11) is 1.62. The molecule has 0 atom stereocenters. The van der Waals surface area contributed by atoms with Gasteiger partial charge in [0.15, 0.2) is 5.16 Å². The fraction of sp³-hybridized carbons (Fsp3) is 0.238. The molecule has 0 bridgehead atoms. The van der Waals surface area contributed by atoms with Gasteiger partial charge in [-0.1, -0.05) is 29.5 Å². The molecular formula is C21H22N2O3S. The lowest BCUT2D eigenvalue weighted by Crippen LogP contribution is -2.08. The second-order valence-electron chi connectivity index (χ2n) is 6.03. The Balaban J connectivity index is 1.54. The number of methoxy groups -OCH3 is 1. The van der Waals surface area contributed by atoms with Crippen LogP contribution in [0, 0.1) is 6.92 Å². The van der Waals surface area contributed by atoms with Crippen molar-refractivity contribution in [1.82, 2.24) is 9.97 Å². The van der Waals surface area contributed by atoms with Gasteiger partial charge in [-0.3, -0.25) is 4.79 Å². The van der Waals surface area contributed by atoms with E-state index in [1.54, 1.807) is 7.11 Å². The summed E-state index contributed by atoms with van der Waals surface area (Å²) in [5.74, 6) is 2.45. The first-order chi connectivity index (χ1) is 13.1. The number of H-pyrrole nitrogens is 1. The van der Waals surface area contributed by atoms with Crippen molar-refractivity contribution < 1.29 is 9.47 Å². The number of benzene rings is 2. The molecule has 0 unspecified atom stereocenters. The summed E-state index contributed by atoms with van der Waals surface area (Å²) >= 11 is 1.52. The molecule has 27 heavy (non-hydrogen) atoms. The number of ether oxygens (including phenoxy) is 2. The lowest BCUT2D eigenvalue weighted by molar-refractivity contribution is 0.318. The molecule has 3 rings (SSSR count). The molecule has 0 spiro atoms. The highest BCUT2D eigenvalue weighted by molar-refractivity contribution is 7.99. The van der Waals surface area contributed by atoms with Gasteiger partial charge in [0.1, 0.15) is 11.5 Å². The predicted octanol–water partition coefficient (Wildman–Crippen LogP) is 4.32. The average Bonchev–Trinajstić information content (AvgIpc) is 2.69. The maximum absolute atomic E-state index is 12.0. The van der Waals surface area contributed by atoms with Crippen LogP contribution < -0.4 is 15.0 Å². The molecule has 1 heterocycles. The van der Waals surface area contributed by atoms with Crippen molar-refractivity contribution in [2.45, 2.75) is 18.5 Å². The maximum Gasteiger partial charge on any atom is 0.252 e. The lowest BCUT2D eigenvalue weighted by Gasteiger charge is -2.07. The number of nitrogens with zero attached hydrogens (tertiary/aromatic N) is 1. The van der Waals surface area contributed by atoms with Crippen LogP contribution in [0.25, 0.3) is 11.3 Å². The quantitative estimate of drug-likeness (QED) is 0.357. The Morgan fingerprint density at radius 1 is 1.04 bits per heavy atom. The summed E-state index contributed by atoms with van der Waals surface area (Å²) < 4.78 is 10.9. The molecule has 6 heteroatoms. The van der Waals surface area contributed by atoms with Gasteiger partial charge in [-0.15, -0.1) is 0 Å². The number of aryl methyl sites for hydroxylation is 1. The van der Waals surface area contributed by atoms with Gasteiger partial charge < -0.3 is 14.5 Å². The van der Waals surface area contributed by atoms with Crippen LogP contribution in [-0.2, 0) is 0 Å². The van der Waals surface area contributed by atoms with E-state index >= 15 is 0 Å².